The normalized spacial score (nSPS) is 11.6. The van der Waals surface area contributed by atoms with Crippen LogP contribution in [0.25, 0.3) is 93.5 Å². The molecule has 0 aliphatic rings. The lowest BCUT2D eigenvalue weighted by atomic mass is 9.85. The highest BCUT2D eigenvalue weighted by Crippen LogP contribution is 2.44. The number of para-hydroxylation sites is 1. The smallest absolute Gasteiger partial charge is 0.0541 e. The lowest BCUT2D eigenvalue weighted by Gasteiger charge is -2.18. The highest BCUT2D eigenvalue weighted by molar-refractivity contribution is 6.21. The van der Waals surface area contributed by atoms with Crippen LogP contribution in [0, 0.1) is 6.92 Å². The maximum absolute atomic E-state index is 2.39. The number of hydrogen-bond donors (Lipinski definition) is 0. The molecule has 0 radical (unpaired) electrons. The molecular formula is C51H35N. The van der Waals surface area contributed by atoms with E-state index in [1.54, 1.807) is 0 Å². The Morgan fingerprint density at radius 3 is 1.31 bits per heavy atom. The Hall–Kier alpha value is -6.70. The predicted octanol–water partition coefficient (Wildman–Crippen LogP) is 14.1. The van der Waals surface area contributed by atoms with Gasteiger partial charge in [-0.3, -0.25) is 0 Å². The summed E-state index contributed by atoms with van der Waals surface area (Å²) in [4.78, 5) is 0. The van der Waals surface area contributed by atoms with Gasteiger partial charge < -0.3 is 4.57 Å². The summed E-state index contributed by atoms with van der Waals surface area (Å²) < 4.78 is 2.39. The summed E-state index contributed by atoms with van der Waals surface area (Å²) in [5.41, 5.74) is 14.8. The van der Waals surface area contributed by atoms with E-state index < -0.39 is 0 Å². The van der Waals surface area contributed by atoms with Gasteiger partial charge in [0.1, 0.15) is 0 Å². The van der Waals surface area contributed by atoms with Gasteiger partial charge in [-0.1, -0.05) is 164 Å². The summed E-state index contributed by atoms with van der Waals surface area (Å²) in [5.74, 6) is 0. The summed E-state index contributed by atoms with van der Waals surface area (Å²) in [6.45, 7) is 2.16. The average Bonchev–Trinajstić information content (AvgIpc) is 3.54. The third-order valence-electron chi connectivity index (χ3n) is 10.7. The molecule has 0 atom stereocenters. The van der Waals surface area contributed by atoms with E-state index in [2.05, 4.69) is 206 Å². The molecule has 9 aromatic carbocycles. The summed E-state index contributed by atoms with van der Waals surface area (Å²) in [5, 5.41) is 7.60. The molecule has 0 saturated carbocycles. The van der Waals surface area contributed by atoms with E-state index in [4.69, 9.17) is 0 Å². The van der Waals surface area contributed by atoms with Crippen molar-refractivity contribution in [2.45, 2.75) is 6.92 Å². The second-order valence-corrected chi connectivity index (χ2v) is 13.8. The molecule has 0 saturated heterocycles. The molecule has 52 heavy (non-hydrogen) atoms. The van der Waals surface area contributed by atoms with Crippen molar-refractivity contribution in [2.24, 2.45) is 0 Å². The van der Waals surface area contributed by atoms with Crippen LogP contribution in [0.4, 0.5) is 0 Å². The van der Waals surface area contributed by atoms with Gasteiger partial charge >= 0.3 is 0 Å². The highest BCUT2D eigenvalue weighted by atomic mass is 15.0. The Balaban J connectivity index is 1.09. The quantitative estimate of drug-likeness (QED) is 0.162. The second-order valence-electron chi connectivity index (χ2n) is 13.8. The zero-order valence-electron chi connectivity index (χ0n) is 28.9. The molecule has 0 fully saturated rings. The fraction of sp³-hybridized carbons (Fsp3) is 0.0196. The largest absolute Gasteiger partial charge is 0.309 e. The lowest BCUT2D eigenvalue weighted by Crippen LogP contribution is -1.94. The van der Waals surface area contributed by atoms with Crippen molar-refractivity contribution in [3.63, 3.8) is 0 Å². The van der Waals surface area contributed by atoms with Crippen molar-refractivity contribution in [3.05, 3.63) is 200 Å². The third kappa shape index (κ3) is 4.93. The second kappa shape index (κ2) is 12.3. The first-order valence-corrected chi connectivity index (χ1v) is 18.0. The van der Waals surface area contributed by atoms with Gasteiger partial charge in [-0.2, -0.15) is 0 Å². The minimum absolute atomic E-state index is 1.19. The van der Waals surface area contributed by atoms with Gasteiger partial charge in [0.15, 0.2) is 0 Å². The topological polar surface area (TPSA) is 4.93 Å². The fourth-order valence-electron chi connectivity index (χ4n) is 8.24. The molecule has 0 unspecified atom stereocenters. The van der Waals surface area contributed by atoms with Crippen molar-refractivity contribution in [3.8, 4) is 50.2 Å². The maximum Gasteiger partial charge on any atom is 0.0541 e. The average molecular weight is 662 g/mol. The molecule has 0 N–H and O–H groups in total. The van der Waals surface area contributed by atoms with Crippen molar-refractivity contribution >= 4 is 43.4 Å². The summed E-state index contributed by atoms with van der Waals surface area (Å²) in [6.07, 6.45) is 0. The minimum Gasteiger partial charge on any atom is -0.309 e. The molecule has 1 aromatic heterocycles. The van der Waals surface area contributed by atoms with Crippen molar-refractivity contribution in [1.29, 1.82) is 0 Å². The van der Waals surface area contributed by atoms with Crippen LogP contribution in [0.15, 0.2) is 194 Å². The van der Waals surface area contributed by atoms with Crippen LogP contribution in [-0.4, -0.2) is 4.57 Å². The Kier molecular flexibility index (Phi) is 7.11. The molecule has 0 aliphatic carbocycles. The van der Waals surface area contributed by atoms with E-state index in [-0.39, 0.29) is 0 Å². The van der Waals surface area contributed by atoms with E-state index in [1.165, 1.54) is 99.1 Å². The Morgan fingerprint density at radius 2 is 0.731 bits per heavy atom. The third-order valence-corrected chi connectivity index (χ3v) is 10.7. The molecule has 0 aliphatic heterocycles. The van der Waals surface area contributed by atoms with Crippen LogP contribution in [0.5, 0.6) is 0 Å². The molecule has 1 nitrogen and oxygen atoms in total. The molecule has 244 valence electrons. The first-order chi connectivity index (χ1) is 25.7. The SMILES string of the molecule is Cc1cccc(-n2c3ccccc3c3cc(-c4ccc(-c5c6ccccc6c(-c6ccc(-c7ccccc7)cc6)c6ccccc56)cc4)ccc32)c1. The molecule has 1 heteroatoms. The predicted molar refractivity (Wildman–Crippen MR) is 222 cm³/mol. The van der Waals surface area contributed by atoms with E-state index in [0.717, 1.165) is 0 Å². The van der Waals surface area contributed by atoms with Crippen molar-refractivity contribution in [2.75, 3.05) is 0 Å². The molecular weight excluding hydrogens is 627 g/mol. The number of benzene rings is 9. The van der Waals surface area contributed by atoms with Crippen LogP contribution in [0.3, 0.4) is 0 Å². The van der Waals surface area contributed by atoms with Gasteiger partial charge in [0.25, 0.3) is 0 Å². The van der Waals surface area contributed by atoms with Crippen molar-refractivity contribution in [1.82, 2.24) is 4.57 Å². The zero-order valence-corrected chi connectivity index (χ0v) is 28.9. The standard InChI is InChI=1S/C51H35N/c1-34-12-11-15-41(32-34)52-48-21-10-9-16-42(48)47-33-40(30-31-49(47)52)37-24-28-39(29-25-37)51-45-19-7-5-17-43(45)50(44-18-6-8-20-46(44)51)38-26-22-36(23-27-38)35-13-3-2-4-14-35/h2-33H,1H3. The lowest BCUT2D eigenvalue weighted by molar-refractivity contribution is 1.17. The molecule has 0 spiro atoms. The molecule has 10 aromatic rings. The summed E-state index contributed by atoms with van der Waals surface area (Å²) in [6, 6.07) is 71.1. The summed E-state index contributed by atoms with van der Waals surface area (Å²) >= 11 is 0. The van der Waals surface area contributed by atoms with E-state index >= 15 is 0 Å². The molecule has 10 rings (SSSR count). The monoisotopic (exact) mass is 661 g/mol. The number of aromatic nitrogens is 1. The van der Waals surface area contributed by atoms with Crippen LogP contribution >= 0.6 is 0 Å². The van der Waals surface area contributed by atoms with E-state index in [0.29, 0.717) is 0 Å². The Bertz CT molecular complexity index is 2870. The fourth-order valence-corrected chi connectivity index (χ4v) is 8.24. The van der Waals surface area contributed by atoms with Gasteiger partial charge in [0.2, 0.25) is 0 Å². The van der Waals surface area contributed by atoms with Gasteiger partial charge in [0.05, 0.1) is 11.0 Å². The number of rotatable bonds is 5. The van der Waals surface area contributed by atoms with Gasteiger partial charge in [-0.15, -0.1) is 0 Å². The first kappa shape index (κ1) is 30.2. The number of fused-ring (bicyclic) bond motifs is 5. The van der Waals surface area contributed by atoms with Crippen LogP contribution in [-0.2, 0) is 0 Å². The minimum atomic E-state index is 1.19. The van der Waals surface area contributed by atoms with Crippen molar-refractivity contribution < 1.29 is 0 Å². The van der Waals surface area contributed by atoms with E-state index in [1.807, 2.05) is 0 Å². The zero-order chi connectivity index (χ0) is 34.6. The Labute approximate surface area is 303 Å². The maximum atomic E-state index is 2.39. The molecule has 1 heterocycles. The molecule has 0 bridgehead atoms. The van der Waals surface area contributed by atoms with Crippen LogP contribution in [0.1, 0.15) is 5.56 Å². The molecule has 0 amide bonds. The number of nitrogens with zero attached hydrogens (tertiary/aromatic N) is 1. The highest BCUT2D eigenvalue weighted by Gasteiger charge is 2.17. The van der Waals surface area contributed by atoms with E-state index in [9.17, 15) is 0 Å². The number of aryl methyl sites for hydroxylation is 1. The number of hydrogen-bond acceptors (Lipinski definition) is 0. The van der Waals surface area contributed by atoms with Crippen LogP contribution < -0.4 is 0 Å². The first-order valence-electron chi connectivity index (χ1n) is 18.0. The van der Waals surface area contributed by atoms with Gasteiger partial charge in [-0.05, 0) is 109 Å². The Morgan fingerprint density at radius 1 is 0.288 bits per heavy atom. The van der Waals surface area contributed by atoms with Crippen LogP contribution in [0.2, 0.25) is 0 Å². The van der Waals surface area contributed by atoms with Gasteiger partial charge in [0, 0.05) is 16.5 Å². The summed E-state index contributed by atoms with van der Waals surface area (Å²) in [7, 11) is 0. The van der Waals surface area contributed by atoms with Gasteiger partial charge in [-0.25, -0.2) is 0 Å².